The van der Waals surface area contributed by atoms with Crippen LogP contribution in [-0.4, -0.2) is 35.6 Å². The highest BCUT2D eigenvalue weighted by atomic mass is 19.3. The third-order valence-electron chi connectivity index (χ3n) is 4.78. The minimum Gasteiger partial charge on any atom is -0.489 e. The third-order valence-corrected chi connectivity index (χ3v) is 4.78. The third kappa shape index (κ3) is 5.68. The van der Waals surface area contributed by atoms with Crippen LogP contribution < -0.4 is 4.74 Å². The van der Waals surface area contributed by atoms with E-state index in [9.17, 15) is 13.6 Å². The molecule has 2 aromatic carbocycles. The molecule has 0 spiro atoms. The van der Waals surface area contributed by atoms with Crippen LogP contribution in [0, 0.1) is 0 Å². The van der Waals surface area contributed by atoms with Crippen LogP contribution >= 0.6 is 0 Å². The van der Waals surface area contributed by atoms with E-state index in [1.807, 2.05) is 30.3 Å². The van der Waals surface area contributed by atoms with E-state index >= 15 is 0 Å². The van der Waals surface area contributed by atoms with Crippen molar-refractivity contribution in [2.24, 2.45) is 0 Å². The van der Waals surface area contributed by atoms with Crippen LogP contribution in [0.4, 0.5) is 13.6 Å². The van der Waals surface area contributed by atoms with Gasteiger partial charge in [-0.05, 0) is 50.5 Å². The van der Waals surface area contributed by atoms with Gasteiger partial charge in [0, 0.05) is 6.54 Å². The van der Waals surface area contributed by atoms with Gasteiger partial charge >= 0.3 is 6.09 Å². The lowest BCUT2D eigenvalue weighted by atomic mass is 9.86. The maximum absolute atomic E-state index is 14.8. The summed E-state index contributed by atoms with van der Waals surface area (Å²) in [5.74, 6) is -3.34. The van der Waals surface area contributed by atoms with Gasteiger partial charge in [0.2, 0.25) is 0 Å². The zero-order valence-corrected chi connectivity index (χ0v) is 17.0. The molecule has 1 heterocycles. The Morgan fingerprint density at radius 2 is 1.76 bits per heavy atom. The van der Waals surface area contributed by atoms with Crippen molar-refractivity contribution in [1.29, 1.82) is 0 Å². The lowest BCUT2D eigenvalue weighted by molar-refractivity contribution is -0.0849. The van der Waals surface area contributed by atoms with E-state index in [1.165, 1.54) is 0 Å². The van der Waals surface area contributed by atoms with Crippen molar-refractivity contribution >= 4 is 6.09 Å². The molecule has 1 aliphatic heterocycles. The van der Waals surface area contributed by atoms with E-state index < -0.39 is 30.1 Å². The van der Waals surface area contributed by atoms with Crippen molar-refractivity contribution in [3.05, 3.63) is 65.7 Å². The minimum atomic E-state index is -3.03. The van der Waals surface area contributed by atoms with Crippen LogP contribution in [0.25, 0.3) is 0 Å². The highest BCUT2D eigenvalue weighted by Gasteiger charge is 2.47. The van der Waals surface area contributed by atoms with Crippen molar-refractivity contribution < 1.29 is 23.0 Å². The molecule has 1 aliphatic rings. The highest BCUT2D eigenvalue weighted by molar-refractivity contribution is 5.68. The van der Waals surface area contributed by atoms with E-state index in [0.29, 0.717) is 17.9 Å². The predicted molar refractivity (Wildman–Crippen MR) is 107 cm³/mol. The molecule has 1 unspecified atom stereocenters. The molecule has 29 heavy (non-hydrogen) atoms. The van der Waals surface area contributed by atoms with Crippen molar-refractivity contribution in [3.8, 4) is 5.75 Å². The van der Waals surface area contributed by atoms with Gasteiger partial charge in [0.05, 0.1) is 12.5 Å². The molecule has 0 bridgehead atoms. The zero-order chi connectivity index (χ0) is 21.1. The Morgan fingerprint density at radius 1 is 1.10 bits per heavy atom. The summed E-state index contributed by atoms with van der Waals surface area (Å²) >= 11 is 0. The number of rotatable bonds is 4. The Kier molecular flexibility index (Phi) is 6.10. The van der Waals surface area contributed by atoms with Crippen LogP contribution in [0.2, 0.25) is 0 Å². The quantitative estimate of drug-likeness (QED) is 0.665. The molecule has 0 N–H and O–H groups in total. The SMILES string of the molecule is CC(C)(C)OC(=O)N1CCC(c2ccc(OCc3ccccc3)cc2)C(F)(F)C1. The molecular weight excluding hydrogens is 376 g/mol. The number of amides is 1. The Morgan fingerprint density at radius 3 is 2.34 bits per heavy atom. The normalized spacial score (nSPS) is 18.9. The molecule has 0 saturated carbocycles. The number of benzene rings is 2. The summed E-state index contributed by atoms with van der Waals surface area (Å²) in [5, 5.41) is 0. The fourth-order valence-electron chi connectivity index (χ4n) is 3.37. The summed E-state index contributed by atoms with van der Waals surface area (Å²) in [5.41, 5.74) is 0.877. The smallest absolute Gasteiger partial charge is 0.410 e. The predicted octanol–water partition coefficient (Wildman–Crippen LogP) is 5.63. The standard InChI is InChI=1S/C23H27F2NO3/c1-22(2,3)29-21(27)26-14-13-20(23(24,25)16-26)18-9-11-19(12-10-18)28-15-17-7-5-4-6-8-17/h4-12,20H,13-16H2,1-3H3. The Bertz CT molecular complexity index is 816. The van der Waals surface area contributed by atoms with E-state index in [-0.39, 0.29) is 13.0 Å². The van der Waals surface area contributed by atoms with E-state index in [4.69, 9.17) is 9.47 Å². The second-order valence-electron chi connectivity index (χ2n) is 8.35. The fraction of sp³-hybridized carbons (Fsp3) is 0.435. The number of carbonyl (C=O) groups is 1. The van der Waals surface area contributed by atoms with Crippen LogP contribution in [0.3, 0.4) is 0 Å². The summed E-state index contributed by atoms with van der Waals surface area (Å²) in [6.07, 6.45) is -0.517. The van der Waals surface area contributed by atoms with Crippen molar-refractivity contribution in [3.63, 3.8) is 0 Å². The summed E-state index contributed by atoms with van der Waals surface area (Å²) in [7, 11) is 0. The van der Waals surface area contributed by atoms with E-state index in [2.05, 4.69) is 0 Å². The molecular formula is C23H27F2NO3. The molecule has 1 amide bonds. The molecule has 0 radical (unpaired) electrons. The van der Waals surface area contributed by atoms with Gasteiger partial charge in [-0.15, -0.1) is 0 Å². The summed E-state index contributed by atoms with van der Waals surface area (Å²) in [4.78, 5) is 13.2. The number of alkyl halides is 2. The first-order valence-corrected chi connectivity index (χ1v) is 9.76. The molecule has 1 fully saturated rings. The molecule has 156 valence electrons. The Hall–Kier alpha value is -2.63. The van der Waals surface area contributed by atoms with E-state index in [1.54, 1.807) is 45.0 Å². The van der Waals surface area contributed by atoms with Crippen molar-refractivity contribution in [2.75, 3.05) is 13.1 Å². The zero-order valence-electron chi connectivity index (χ0n) is 17.0. The first-order valence-electron chi connectivity index (χ1n) is 9.76. The number of halogens is 2. The number of piperidine rings is 1. The van der Waals surface area contributed by atoms with Gasteiger partial charge in [0.25, 0.3) is 5.92 Å². The van der Waals surface area contributed by atoms with Gasteiger partial charge in [-0.2, -0.15) is 0 Å². The summed E-state index contributed by atoms with van der Waals surface area (Å²) in [6.45, 7) is 5.18. The first-order chi connectivity index (χ1) is 13.6. The number of hydrogen-bond acceptors (Lipinski definition) is 3. The van der Waals surface area contributed by atoms with Crippen molar-refractivity contribution in [1.82, 2.24) is 4.90 Å². The minimum absolute atomic E-state index is 0.177. The molecule has 1 atom stereocenters. The molecule has 0 aliphatic carbocycles. The van der Waals surface area contributed by atoms with Crippen LogP contribution in [0.15, 0.2) is 54.6 Å². The lowest BCUT2D eigenvalue weighted by Crippen LogP contribution is -2.50. The number of likely N-dealkylation sites (tertiary alicyclic amines) is 1. The molecule has 2 aromatic rings. The van der Waals surface area contributed by atoms with Crippen LogP contribution in [0.1, 0.15) is 44.2 Å². The number of nitrogens with zero attached hydrogens (tertiary/aromatic N) is 1. The number of hydrogen-bond donors (Lipinski definition) is 0. The highest BCUT2D eigenvalue weighted by Crippen LogP contribution is 2.41. The lowest BCUT2D eigenvalue weighted by Gasteiger charge is -2.39. The first kappa shape index (κ1) is 21.1. The molecule has 0 aromatic heterocycles. The summed E-state index contributed by atoms with van der Waals surface area (Å²) in [6, 6.07) is 16.5. The second kappa shape index (κ2) is 8.39. The van der Waals surface area contributed by atoms with Gasteiger partial charge in [-0.1, -0.05) is 42.5 Å². The van der Waals surface area contributed by atoms with Gasteiger partial charge in [-0.25, -0.2) is 13.6 Å². The largest absolute Gasteiger partial charge is 0.489 e. The molecule has 1 saturated heterocycles. The average molecular weight is 403 g/mol. The Balaban J connectivity index is 1.61. The van der Waals surface area contributed by atoms with Crippen molar-refractivity contribution in [2.45, 2.75) is 51.2 Å². The van der Waals surface area contributed by atoms with Gasteiger partial charge in [-0.3, -0.25) is 0 Å². The maximum atomic E-state index is 14.8. The molecule has 4 nitrogen and oxygen atoms in total. The maximum Gasteiger partial charge on any atom is 0.410 e. The molecule has 6 heteroatoms. The monoisotopic (exact) mass is 403 g/mol. The van der Waals surface area contributed by atoms with Gasteiger partial charge < -0.3 is 14.4 Å². The van der Waals surface area contributed by atoms with Gasteiger partial charge in [0.15, 0.2) is 0 Å². The topological polar surface area (TPSA) is 38.8 Å². The summed E-state index contributed by atoms with van der Waals surface area (Å²) < 4.78 is 40.5. The average Bonchev–Trinajstić information content (AvgIpc) is 2.65. The van der Waals surface area contributed by atoms with Crippen LogP contribution in [0.5, 0.6) is 5.75 Å². The van der Waals surface area contributed by atoms with Crippen LogP contribution in [-0.2, 0) is 11.3 Å². The van der Waals surface area contributed by atoms with Gasteiger partial charge in [0.1, 0.15) is 18.0 Å². The Labute approximate surface area is 170 Å². The number of ether oxygens (including phenoxy) is 2. The van der Waals surface area contributed by atoms with E-state index in [0.717, 1.165) is 10.5 Å². The molecule has 3 rings (SSSR count). The fourth-order valence-corrected chi connectivity index (χ4v) is 3.37. The second-order valence-corrected chi connectivity index (χ2v) is 8.35. The number of carbonyl (C=O) groups excluding carboxylic acids is 1.